The van der Waals surface area contributed by atoms with Crippen LogP contribution in [0.3, 0.4) is 0 Å². The van der Waals surface area contributed by atoms with Gasteiger partial charge in [0.25, 0.3) is 0 Å². The van der Waals surface area contributed by atoms with Crippen molar-refractivity contribution in [3.8, 4) is 17.3 Å². The Morgan fingerprint density at radius 2 is 2.19 bits per heavy atom. The smallest absolute Gasteiger partial charge is 0.165 e. The number of rotatable bonds is 4. The minimum atomic E-state index is -0.363. The van der Waals surface area contributed by atoms with Gasteiger partial charge in [0.1, 0.15) is 5.69 Å². The van der Waals surface area contributed by atoms with Crippen molar-refractivity contribution in [2.75, 3.05) is 13.7 Å². The zero-order chi connectivity index (χ0) is 18.1. The highest BCUT2D eigenvalue weighted by Gasteiger charge is 2.19. The predicted molar refractivity (Wildman–Crippen MR) is 96.5 cm³/mol. The fraction of sp³-hybridized carbons (Fsp3) is 0.368. The monoisotopic (exact) mass is 355 g/mol. The van der Waals surface area contributed by atoms with Gasteiger partial charge >= 0.3 is 0 Å². The number of ether oxygens (including phenoxy) is 1. The zero-order valence-electron chi connectivity index (χ0n) is 14.9. The third-order valence-electron chi connectivity index (χ3n) is 4.87. The Morgan fingerprint density at radius 1 is 1.31 bits per heavy atom. The van der Waals surface area contributed by atoms with Crippen molar-refractivity contribution in [1.29, 1.82) is 0 Å². The number of fused-ring (bicyclic) bond motifs is 1. The van der Waals surface area contributed by atoms with Crippen LogP contribution in [0.15, 0.2) is 36.7 Å². The molecule has 6 nitrogen and oxygen atoms in total. The lowest BCUT2D eigenvalue weighted by Gasteiger charge is -2.17. The highest BCUT2D eigenvalue weighted by Crippen LogP contribution is 2.28. The Labute approximate surface area is 151 Å². The standard InChI is InChI=1S/C19H22FN5O/c1-13(14-4-5-18(26-2)16(20)10-14)24-9-7-22-19(24)17-11-15-12-21-6-3-8-25(15)23-17/h4-5,7,9-11,13,21H,3,6,8,12H2,1-2H3/t13-/m0/s1. The lowest BCUT2D eigenvalue weighted by atomic mass is 10.1. The molecule has 1 atom stereocenters. The fourth-order valence-corrected chi connectivity index (χ4v) is 3.40. The molecule has 0 saturated heterocycles. The Balaban J connectivity index is 1.67. The third kappa shape index (κ3) is 2.99. The van der Waals surface area contributed by atoms with E-state index in [1.54, 1.807) is 12.3 Å². The molecule has 0 aliphatic carbocycles. The first-order valence-electron chi connectivity index (χ1n) is 8.81. The molecule has 4 rings (SSSR count). The predicted octanol–water partition coefficient (Wildman–Crippen LogP) is 3.00. The summed E-state index contributed by atoms with van der Waals surface area (Å²) in [5.74, 6) is 0.671. The maximum absolute atomic E-state index is 14.1. The van der Waals surface area contributed by atoms with Crippen molar-refractivity contribution in [2.24, 2.45) is 0 Å². The molecule has 0 saturated carbocycles. The van der Waals surface area contributed by atoms with Crippen LogP contribution < -0.4 is 10.1 Å². The number of benzene rings is 1. The van der Waals surface area contributed by atoms with Crippen molar-refractivity contribution >= 4 is 0 Å². The molecule has 0 spiro atoms. The van der Waals surface area contributed by atoms with Gasteiger partial charge in [-0.1, -0.05) is 6.07 Å². The van der Waals surface area contributed by atoms with Crippen LogP contribution in [-0.4, -0.2) is 33.0 Å². The van der Waals surface area contributed by atoms with Gasteiger partial charge in [0.15, 0.2) is 17.4 Å². The molecule has 1 aliphatic rings. The number of nitrogens with one attached hydrogen (secondary N) is 1. The molecule has 0 amide bonds. The lowest BCUT2D eigenvalue weighted by Crippen LogP contribution is -2.11. The number of halogens is 1. The van der Waals surface area contributed by atoms with Crippen LogP contribution >= 0.6 is 0 Å². The second kappa shape index (κ2) is 6.92. The van der Waals surface area contributed by atoms with E-state index in [1.165, 1.54) is 13.2 Å². The molecule has 7 heteroatoms. The number of imidazole rings is 1. The third-order valence-corrected chi connectivity index (χ3v) is 4.87. The van der Waals surface area contributed by atoms with E-state index in [-0.39, 0.29) is 17.6 Å². The molecule has 2 aromatic heterocycles. The highest BCUT2D eigenvalue weighted by molar-refractivity contribution is 5.51. The number of methoxy groups -OCH3 is 1. The van der Waals surface area contributed by atoms with Gasteiger partial charge in [-0.05, 0) is 43.7 Å². The van der Waals surface area contributed by atoms with Gasteiger partial charge in [-0.3, -0.25) is 4.68 Å². The first-order valence-corrected chi connectivity index (χ1v) is 8.81. The van der Waals surface area contributed by atoms with Crippen LogP contribution in [0, 0.1) is 5.82 Å². The van der Waals surface area contributed by atoms with Crippen molar-refractivity contribution in [3.63, 3.8) is 0 Å². The second-order valence-electron chi connectivity index (χ2n) is 6.50. The van der Waals surface area contributed by atoms with E-state index >= 15 is 0 Å². The Morgan fingerprint density at radius 3 is 3.00 bits per heavy atom. The second-order valence-corrected chi connectivity index (χ2v) is 6.50. The van der Waals surface area contributed by atoms with Gasteiger partial charge in [-0.2, -0.15) is 5.10 Å². The molecule has 0 radical (unpaired) electrons. The van der Waals surface area contributed by atoms with E-state index in [0.717, 1.165) is 48.8 Å². The quantitative estimate of drug-likeness (QED) is 0.782. The van der Waals surface area contributed by atoms with E-state index in [4.69, 9.17) is 9.84 Å². The summed E-state index contributed by atoms with van der Waals surface area (Å²) in [6, 6.07) is 7.05. The first-order chi connectivity index (χ1) is 12.7. The molecule has 1 aliphatic heterocycles. The molecule has 1 N–H and O–H groups in total. The van der Waals surface area contributed by atoms with Crippen molar-refractivity contribution in [1.82, 2.24) is 24.6 Å². The minimum absolute atomic E-state index is 0.0764. The van der Waals surface area contributed by atoms with Gasteiger partial charge in [-0.25, -0.2) is 9.37 Å². The van der Waals surface area contributed by atoms with E-state index in [9.17, 15) is 4.39 Å². The van der Waals surface area contributed by atoms with E-state index in [2.05, 4.69) is 16.4 Å². The maximum Gasteiger partial charge on any atom is 0.165 e. The molecule has 3 heterocycles. The summed E-state index contributed by atoms with van der Waals surface area (Å²) < 4.78 is 23.2. The Hall–Kier alpha value is -2.67. The van der Waals surface area contributed by atoms with Crippen LogP contribution in [0.25, 0.3) is 11.5 Å². The van der Waals surface area contributed by atoms with Gasteiger partial charge in [0.2, 0.25) is 0 Å². The summed E-state index contributed by atoms with van der Waals surface area (Å²) in [7, 11) is 1.47. The van der Waals surface area contributed by atoms with Crippen LogP contribution in [0.4, 0.5) is 4.39 Å². The van der Waals surface area contributed by atoms with Crippen LogP contribution in [-0.2, 0) is 13.1 Å². The summed E-state index contributed by atoms with van der Waals surface area (Å²) in [6.45, 7) is 4.75. The number of hydrogen-bond acceptors (Lipinski definition) is 4. The first kappa shape index (κ1) is 16.8. The van der Waals surface area contributed by atoms with Crippen LogP contribution in [0.5, 0.6) is 5.75 Å². The zero-order valence-corrected chi connectivity index (χ0v) is 14.9. The summed E-state index contributed by atoms with van der Waals surface area (Å²) in [6.07, 6.45) is 4.73. The van der Waals surface area contributed by atoms with Gasteiger partial charge in [0, 0.05) is 25.5 Å². The van der Waals surface area contributed by atoms with Gasteiger partial charge in [0.05, 0.1) is 18.8 Å². The average molecular weight is 355 g/mol. The van der Waals surface area contributed by atoms with Crippen LogP contribution in [0.2, 0.25) is 0 Å². The largest absolute Gasteiger partial charge is 0.494 e. The molecule has 0 unspecified atom stereocenters. The summed E-state index contributed by atoms with van der Waals surface area (Å²) in [4.78, 5) is 4.50. The number of aryl methyl sites for hydroxylation is 1. The van der Waals surface area contributed by atoms with Gasteiger partial charge in [-0.15, -0.1) is 0 Å². The van der Waals surface area contributed by atoms with Crippen molar-refractivity contribution in [3.05, 3.63) is 53.7 Å². The van der Waals surface area contributed by atoms with E-state index in [1.807, 2.05) is 28.4 Å². The topological polar surface area (TPSA) is 56.9 Å². The number of hydrogen-bond donors (Lipinski definition) is 1. The number of aromatic nitrogens is 4. The fourth-order valence-electron chi connectivity index (χ4n) is 3.40. The minimum Gasteiger partial charge on any atom is -0.494 e. The Bertz CT molecular complexity index is 893. The highest BCUT2D eigenvalue weighted by atomic mass is 19.1. The van der Waals surface area contributed by atoms with Crippen LogP contribution in [0.1, 0.15) is 30.6 Å². The number of nitrogens with zero attached hydrogens (tertiary/aromatic N) is 4. The molecule has 26 heavy (non-hydrogen) atoms. The molecule has 0 fully saturated rings. The summed E-state index contributed by atoms with van der Waals surface area (Å²) >= 11 is 0. The van der Waals surface area contributed by atoms with Crippen molar-refractivity contribution in [2.45, 2.75) is 32.5 Å². The molecule has 1 aromatic carbocycles. The maximum atomic E-state index is 14.1. The molecule has 3 aromatic rings. The molecule has 136 valence electrons. The lowest BCUT2D eigenvalue weighted by molar-refractivity contribution is 0.385. The molecule has 0 bridgehead atoms. The average Bonchev–Trinajstić information content (AvgIpc) is 3.23. The van der Waals surface area contributed by atoms with Gasteiger partial charge < -0.3 is 14.6 Å². The molecular formula is C19H22FN5O. The summed E-state index contributed by atoms with van der Waals surface area (Å²) in [5.41, 5.74) is 2.86. The van der Waals surface area contributed by atoms with Crippen molar-refractivity contribution < 1.29 is 9.13 Å². The Kier molecular flexibility index (Phi) is 4.46. The SMILES string of the molecule is COc1ccc([C@H](C)n2ccnc2-c2cc3n(n2)CCCNC3)cc1F. The summed E-state index contributed by atoms with van der Waals surface area (Å²) in [5, 5.41) is 8.13. The molecular weight excluding hydrogens is 333 g/mol. The van der Waals surface area contributed by atoms with E-state index in [0.29, 0.717) is 0 Å². The normalized spacial score (nSPS) is 15.3. The van der Waals surface area contributed by atoms with E-state index < -0.39 is 0 Å².